The third kappa shape index (κ3) is 3.52. The van der Waals surface area contributed by atoms with Gasteiger partial charge in [0.2, 0.25) is 0 Å². The monoisotopic (exact) mass is 309 g/mol. The van der Waals surface area contributed by atoms with Crippen LogP contribution < -0.4 is 4.90 Å². The van der Waals surface area contributed by atoms with Crippen LogP contribution in [-0.4, -0.2) is 42.0 Å². The maximum atomic E-state index is 12.6. The van der Waals surface area contributed by atoms with Crippen molar-refractivity contribution in [2.45, 2.75) is 19.8 Å². The minimum Gasteiger partial charge on any atom is -0.368 e. The Labute approximate surface area is 137 Å². The van der Waals surface area contributed by atoms with Crippen LogP contribution >= 0.6 is 0 Å². The average Bonchev–Trinajstić information content (AvgIpc) is 2.62. The number of piperazine rings is 1. The first kappa shape index (κ1) is 15.5. The summed E-state index contributed by atoms with van der Waals surface area (Å²) >= 11 is 0. The molecule has 23 heavy (non-hydrogen) atoms. The second-order valence-corrected chi connectivity index (χ2v) is 6.26. The van der Waals surface area contributed by atoms with Crippen LogP contribution in [0.15, 0.2) is 48.8 Å². The Morgan fingerprint density at radius 3 is 2.13 bits per heavy atom. The number of benzene rings is 1. The summed E-state index contributed by atoms with van der Waals surface area (Å²) in [6, 6.07) is 12.1. The van der Waals surface area contributed by atoms with Gasteiger partial charge in [-0.3, -0.25) is 9.78 Å². The van der Waals surface area contributed by atoms with E-state index < -0.39 is 0 Å². The number of aromatic nitrogens is 1. The van der Waals surface area contributed by atoms with Crippen molar-refractivity contribution >= 4 is 11.6 Å². The summed E-state index contributed by atoms with van der Waals surface area (Å²) in [5.41, 5.74) is 3.23. The van der Waals surface area contributed by atoms with E-state index in [1.807, 2.05) is 41.6 Å². The molecule has 1 saturated heterocycles. The van der Waals surface area contributed by atoms with Crippen LogP contribution in [0.1, 0.15) is 35.7 Å². The predicted octanol–water partition coefficient (Wildman–Crippen LogP) is 3.17. The SMILES string of the molecule is CC(C)c1ccc(C(=O)N2CCN(c3ccncc3)CC2)cc1. The summed E-state index contributed by atoms with van der Waals surface area (Å²) in [6.07, 6.45) is 3.62. The molecule has 0 bridgehead atoms. The first-order chi connectivity index (χ1) is 11.1. The van der Waals surface area contributed by atoms with Crippen molar-refractivity contribution in [2.75, 3.05) is 31.1 Å². The zero-order chi connectivity index (χ0) is 16.2. The smallest absolute Gasteiger partial charge is 0.253 e. The molecular weight excluding hydrogens is 286 g/mol. The highest BCUT2D eigenvalue weighted by Crippen LogP contribution is 2.18. The Bertz CT molecular complexity index is 644. The number of amides is 1. The fourth-order valence-electron chi connectivity index (χ4n) is 2.92. The van der Waals surface area contributed by atoms with Gasteiger partial charge in [-0.2, -0.15) is 0 Å². The highest BCUT2D eigenvalue weighted by atomic mass is 16.2. The molecule has 2 aromatic rings. The lowest BCUT2D eigenvalue weighted by Gasteiger charge is -2.36. The standard InChI is InChI=1S/C19H23N3O/c1-15(2)16-3-5-17(6-4-16)19(23)22-13-11-21(12-14-22)18-7-9-20-10-8-18/h3-10,15H,11-14H2,1-2H3. The molecule has 1 aromatic heterocycles. The lowest BCUT2D eigenvalue weighted by Crippen LogP contribution is -2.48. The van der Waals surface area contributed by atoms with E-state index in [2.05, 4.69) is 35.9 Å². The largest absolute Gasteiger partial charge is 0.368 e. The van der Waals surface area contributed by atoms with E-state index in [0.29, 0.717) is 5.92 Å². The highest BCUT2D eigenvalue weighted by Gasteiger charge is 2.22. The fraction of sp³-hybridized carbons (Fsp3) is 0.368. The van der Waals surface area contributed by atoms with Crippen LogP contribution in [0.3, 0.4) is 0 Å². The summed E-state index contributed by atoms with van der Waals surface area (Å²) in [7, 11) is 0. The second-order valence-electron chi connectivity index (χ2n) is 6.26. The predicted molar refractivity (Wildman–Crippen MR) is 92.9 cm³/mol. The second kappa shape index (κ2) is 6.82. The Balaban J connectivity index is 1.62. The van der Waals surface area contributed by atoms with Gasteiger partial charge in [0.05, 0.1) is 0 Å². The number of hydrogen-bond acceptors (Lipinski definition) is 3. The third-order valence-corrected chi connectivity index (χ3v) is 4.42. The van der Waals surface area contributed by atoms with Crippen LogP contribution in [0, 0.1) is 0 Å². The van der Waals surface area contributed by atoms with Crippen LogP contribution in [0.25, 0.3) is 0 Å². The Kier molecular flexibility index (Phi) is 4.60. The molecule has 0 spiro atoms. The molecular formula is C19H23N3O. The van der Waals surface area contributed by atoms with Crippen LogP contribution in [0.5, 0.6) is 0 Å². The van der Waals surface area contributed by atoms with E-state index in [4.69, 9.17) is 0 Å². The van der Waals surface area contributed by atoms with Gasteiger partial charge >= 0.3 is 0 Å². The van der Waals surface area contributed by atoms with E-state index in [1.54, 1.807) is 0 Å². The maximum Gasteiger partial charge on any atom is 0.253 e. The number of rotatable bonds is 3. The van der Waals surface area contributed by atoms with Crippen molar-refractivity contribution in [2.24, 2.45) is 0 Å². The number of nitrogens with zero attached hydrogens (tertiary/aromatic N) is 3. The van der Waals surface area contributed by atoms with E-state index in [9.17, 15) is 4.79 Å². The van der Waals surface area contributed by atoms with E-state index >= 15 is 0 Å². The van der Waals surface area contributed by atoms with Gasteiger partial charge < -0.3 is 9.80 Å². The first-order valence-corrected chi connectivity index (χ1v) is 8.19. The number of pyridine rings is 1. The Hall–Kier alpha value is -2.36. The summed E-state index contributed by atoms with van der Waals surface area (Å²) < 4.78 is 0. The lowest BCUT2D eigenvalue weighted by molar-refractivity contribution is 0.0747. The van der Waals surface area contributed by atoms with Crippen molar-refractivity contribution in [3.8, 4) is 0 Å². The van der Waals surface area contributed by atoms with Gasteiger partial charge in [0.25, 0.3) is 5.91 Å². The summed E-state index contributed by atoms with van der Waals surface area (Å²) in [5.74, 6) is 0.623. The van der Waals surface area contributed by atoms with Gasteiger partial charge in [-0.15, -0.1) is 0 Å². The molecule has 2 heterocycles. The van der Waals surface area contributed by atoms with Crippen LogP contribution in [0.4, 0.5) is 5.69 Å². The minimum atomic E-state index is 0.134. The summed E-state index contributed by atoms with van der Waals surface area (Å²) in [6.45, 7) is 7.56. The fourth-order valence-corrected chi connectivity index (χ4v) is 2.92. The molecule has 1 aliphatic rings. The molecule has 0 unspecified atom stereocenters. The van der Waals surface area contributed by atoms with Gasteiger partial charge in [0.15, 0.2) is 0 Å². The normalized spacial score (nSPS) is 15.1. The molecule has 1 amide bonds. The van der Waals surface area contributed by atoms with Crippen molar-refractivity contribution in [3.05, 3.63) is 59.9 Å². The number of hydrogen-bond donors (Lipinski definition) is 0. The van der Waals surface area contributed by atoms with Crippen molar-refractivity contribution in [3.63, 3.8) is 0 Å². The molecule has 0 atom stereocenters. The van der Waals surface area contributed by atoms with Crippen molar-refractivity contribution in [1.82, 2.24) is 9.88 Å². The molecule has 0 N–H and O–H groups in total. The van der Waals surface area contributed by atoms with Gasteiger partial charge in [0.1, 0.15) is 0 Å². The van der Waals surface area contributed by atoms with Crippen LogP contribution in [-0.2, 0) is 0 Å². The molecule has 1 fully saturated rings. The zero-order valence-corrected chi connectivity index (χ0v) is 13.8. The maximum absolute atomic E-state index is 12.6. The van der Waals surface area contributed by atoms with Crippen molar-refractivity contribution in [1.29, 1.82) is 0 Å². The quantitative estimate of drug-likeness (QED) is 0.874. The number of carbonyl (C=O) groups is 1. The molecule has 4 heteroatoms. The zero-order valence-electron chi connectivity index (χ0n) is 13.8. The Morgan fingerprint density at radius 2 is 1.57 bits per heavy atom. The minimum absolute atomic E-state index is 0.134. The molecule has 1 aliphatic heterocycles. The number of anilines is 1. The van der Waals surface area contributed by atoms with Gasteiger partial charge in [-0.05, 0) is 35.7 Å². The van der Waals surface area contributed by atoms with E-state index in [1.165, 1.54) is 11.3 Å². The molecule has 0 radical (unpaired) electrons. The Morgan fingerprint density at radius 1 is 0.957 bits per heavy atom. The highest BCUT2D eigenvalue weighted by molar-refractivity contribution is 5.94. The van der Waals surface area contributed by atoms with E-state index in [0.717, 1.165) is 31.7 Å². The van der Waals surface area contributed by atoms with E-state index in [-0.39, 0.29) is 5.91 Å². The number of carbonyl (C=O) groups excluding carboxylic acids is 1. The first-order valence-electron chi connectivity index (χ1n) is 8.19. The molecule has 120 valence electrons. The van der Waals surface area contributed by atoms with Gasteiger partial charge in [-0.25, -0.2) is 0 Å². The lowest BCUT2D eigenvalue weighted by atomic mass is 10.0. The molecule has 0 saturated carbocycles. The summed E-state index contributed by atoms with van der Waals surface area (Å²) in [5, 5.41) is 0. The van der Waals surface area contributed by atoms with Gasteiger partial charge in [0, 0.05) is 49.8 Å². The van der Waals surface area contributed by atoms with Gasteiger partial charge in [-0.1, -0.05) is 26.0 Å². The average molecular weight is 309 g/mol. The van der Waals surface area contributed by atoms with Crippen molar-refractivity contribution < 1.29 is 4.79 Å². The summed E-state index contributed by atoms with van der Waals surface area (Å²) in [4.78, 5) is 20.9. The molecule has 1 aromatic carbocycles. The molecule has 3 rings (SSSR count). The third-order valence-electron chi connectivity index (χ3n) is 4.42. The topological polar surface area (TPSA) is 36.4 Å². The molecule has 0 aliphatic carbocycles. The van der Waals surface area contributed by atoms with Crippen LogP contribution in [0.2, 0.25) is 0 Å². The molecule has 4 nitrogen and oxygen atoms in total.